The van der Waals surface area contributed by atoms with E-state index in [2.05, 4.69) is 39.0 Å². The molecule has 0 aromatic heterocycles. The average molecular weight is 330 g/mol. The maximum atomic E-state index is 10.6. The van der Waals surface area contributed by atoms with Crippen molar-refractivity contribution >= 4 is 0 Å². The predicted molar refractivity (Wildman–Crippen MR) is 95.6 cm³/mol. The summed E-state index contributed by atoms with van der Waals surface area (Å²) < 4.78 is 0. The molecule has 132 valence electrons. The summed E-state index contributed by atoms with van der Waals surface area (Å²) in [7, 11) is 0. The number of hydrogen-bond acceptors (Lipinski definition) is 5. The van der Waals surface area contributed by atoms with Crippen molar-refractivity contribution in [3.63, 3.8) is 0 Å². The van der Waals surface area contributed by atoms with Gasteiger partial charge in [0.25, 0.3) is 0 Å². The number of likely N-dealkylation sites (tertiary alicyclic amines) is 2. The molecule has 0 amide bonds. The lowest BCUT2D eigenvalue weighted by Crippen LogP contribution is -2.47. The SMILES string of the molecule is NC1CCN(CN2C[C@@H](O)[C@H](N3CCc4ccccc4C3)C2)CC1. The van der Waals surface area contributed by atoms with Crippen molar-refractivity contribution in [1.29, 1.82) is 0 Å². The van der Waals surface area contributed by atoms with E-state index in [1.165, 1.54) is 11.1 Å². The van der Waals surface area contributed by atoms with Gasteiger partial charge in [0.1, 0.15) is 0 Å². The van der Waals surface area contributed by atoms with Crippen LogP contribution in [0.25, 0.3) is 0 Å². The van der Waals surface area contributed by atoms with Gasteiger partial charge in [-0.3, -0.25) is 14.7 Å². The minimum atomic E-state index is -0.234. The van der Waals surface area contributed by atoms with Gasteiger partial charge in [0, 0.05) is 51.4 Å². The van der Waals surface area contributed by atoms with Gasteiger partial charge in [0.15, 0.2) is 0 Å². The molecular weight excluding hydrogens is 300 g/mol. The Labute approximate surface area is 145 Å². The summed E-state index contributed by atoms with van der Waals surface area (Å²) in [5, 5.41) is 10.6. The second kappa shape index (κ2) is 7.10. The van der Waals surface area contributed by atoms with Crippen LogP contribution < -0.4 is 5.73 Å². The lowest BCUT2D eigenvalue weighted by molar-refractivity contribution is 0.0743. The number of hydrogen-bond donors (Lipinski definition) is 2. The van der Waals surface area contributed by atoms with Gasteiger partial charge in [-0.15, -0.1) is 0 Å². The third kappa shape index (κ3) is 3.51. The number of aliphatic hydroxyl groups is 1. The van der Waals surface area contributed by atoms with Gasteiger partial charge in [-0.2, -0.15) is 0 Å². The molecule has 0 aliphatic carbocycles. The summed E-state index contributed by atoms with van der Waals surface area (Å²) in [6, 6.07) is 9.38. The first-order valence-electron chi connectivity index (χ1n) is 9.38. The van der Waals surface area contributed by atoms with E-state index in [1.807, 2.05) is 0 Å². The highest BCUT2D eigenvalue weighted by atomic mass is 16.3. The molecule has 1 aromatic carbocycles. The molecule has 3 aliphatic rings. The van der Waals surface area contributed by atoms with Crippen LogP contribution in [0.5, 0.6) is 0 Å². The van der Waals surface area contributed by atoms with Crippen LogP contribution >= 0.6 is 0 Å². The molecule has 0 radical (unpaired) electrons. The minimum Gasteiger partial charge on any atom is -0.390 e. The lowest BCUT2D eigenvalue weighted by atomic mass is 9.98. The molecule has 1 aromatic rings. The number of aliphatic hydroxyl groups excluding tert-OH is 1. The Morgan fingerprint density at radius 2 is 1.75 bits per heavy atom. The normalized spacial score (nSPS) is 30.6. The number of β-amino-alcohol motifs (C(OH)–C–C–N with tert-alkyl or cyclic N) is 1. The van der Waals surface area contributed by atoms with Gasteiger partial charge in [0.05, 0.1) is 12.8 Å². The second-order valence-electron chi connectivity index (χ2n) is 7.76. The molecule has 3 N–H and O–H groups in total. The first-order valence-corrected chi connectivity index (χ1v) is 9.38. The smallest absolute Gasteiger partial charge is 0.0835 e. The van der Waals surface area contributed by atoms with Crippen molar-refractivity contribution in [2.24, 2.45) is 5.73 Å². The van der Waals surface area contributed by atoms with E-state index < -0.39 is 0 Å². The summed E-state index contributed by atoms with van der Waals surface area (Å²) in [5.41, 5.74) is 8.90. The Kier molecular flexibility index (Phi) is 4.88. The Morgan fingerprint density at radius 3 is 2.54 bits per heavy atom. The highest BCUT2D eigenvalue weighted by molar-refractivity contribution is 5.29. The van der Waals surface area contributed by atoms with Gasteiger partial charge in [-0.1, -0.05) is 24.3 Å². The van der Waals surface area contributed by atoms with E-state index in [9.17, 15) is 5.11 Å². The summed E-state index contributed by atoms with van der Waals surface area (Å²) in [4.78, 5) is 7.40. The molecule has 5 heteroatoms. The third-order valence-electron chi connectivity index (χ3n) is 6.00. The minimum absolute atomic E-state index is 0.234. The third-order valence-corrected chi connectivity index (χ3v) is 6.00. The zero-order valence-corrected chi connectivity index (χ0v) is 14.5. The van der Waals surface area contributed by atoms with Crippen LogP contribution in [0.15, 0.2) is 24.3 Å². The summed E-state index contributed by atoms with van der Waals surface area (Å²) in [6.45, 7) is 6.97. The van der Waals surface area contributed by atoms with Crippen LogP contribution in [0.1, 0.15) is 24.0 Å². The van der Waals surface area contributed by atoms with Gasteiger partial charge < -0.3 is 10.8 Å². The maximum Gasteiger partial charge on any atom is 0.0835 e. The van der Waals surface area contributed by atoms with E-state index in [4.69, 9.17) is 5.73 Å². The van der Waals surface area contributed by atoms with E-state index in [0.717, 1.165) is 65.2 Å². The van der Waals surface area contributed by atoms with Crippen molar-refractivity contribution in [3.8, 4) is 0 Å². The zero-order chi connectivity index (χ0) is 16.5. The summed E-state index contributed by atoms with van der Waals surface area (Å²) in [6.07, 6.45) is 3.07. The van der Waals surface area contributed by atoms with Crippen LogP contribution in [-0.4, -0.2) is 77.4 Å². The van der Waals surface area contributed by atoms with Gasteiger partial charge in [-0.05, 0) is 30.4 Å². The molecule has 0 unspecified atom stereocenters. The van der Waals surface area contributed by atoms with Crippen LogP contribution in [-0.2, 0) is 13.0 Å². The fourth-order valence-electron chi connectivity index (χ4n) is 4.50. The molecular formula is C19H30N4O. The topological polar surface area (TPSA) is 56.0 Å². The van der Waals surface area contributed by atoms with Crippen molar-refractivity contribution < 1.29 is 5.11 Å². The molecule has 2 fully saturated rings. The Balaban J connectivity index is 1.34. The fraction of sp³-hybridized carbons (Fsp3) is 0.684. The standard InChI is InChI=1S/C19H30N4O/c20-17-6-8-21(9-7-17)14-22-12-18(19(24)13-22)23-10-5-15-3-1-2-4-16(15)11-23/h1-4,17-19,24H,5-14,20H2/t18-,19-/m1/s1. The largest absolute Gasteiger partial charge is 0.390 e. The van der Waals surface area contributed by atoms with Crippen molar-refractivity contribution in [1.82, 2.24) is 14.7 Å². The Morgan fingerprint density at radius 1 is 1.00 bits per heavy atom. The molecule has 0 spiro atoms. The number of nitrogens with zero attached hydrogens (tertiary/aromatic N) is 3. The van der Waals surface area contributed by atoms with Crippen LogP contribution in [0, 0.1) is 0 Å². The number of fused-ring (bicyclic) bond motifs is 1. The van der Waals surface area contributed by atoms with E-state index >= 15 is 0 Å². The molecule has 2 atom stereocenters. The van der Waals surface area contributed by atoms with Crippen LogP contribution in [0.4, 0.5) is 0 Å². The van der Waals surface area contributed by atoms with E-state index in [0.29, 0.717) is 6.04 Å². The van der Waals surface area contributed by atoms with Crippen molar-refractivity contribution in [2.75, 3.05) is 39.4 Å². The Bertz CT molecular complexity index is 558. The van der Waals surface area contributed by atoms with E-state index in [-0.39, 0.29) is 12.1 Å². The first kappa shape index (κ1) is 16.5. The average Bonchev–Trinajstić information content (AvgIpc) is 2.97. The fourth-order valence-corrected chi connectivity index (χ4v) is 4.50. The van der Waals surface area contributed by atoms with Crippen molar-refractivity contribution in [2.45, 2.75) is 44.0 Å². The molecule has 3 aliphatic heterocycles. The summed E-state index contributed by atoms with van der Waals surface area (Å²) in [5.74, 6) is 0. The van der Waals surface area contributed by atoms with Crippen LogP contribution in [0.3, 0.4) is 0 Å². The summed E-state index contributed by atoms with van der Waals surface area (Å²) >= 11 is 0. The molecule has 4 rings (SSSR count). The monoisotopic (exact) mass is 330 g/mol. The van der Waals surface area contributed by atoms with Gasteiger partial charge >= 0.3 is 0 Å². The zero-order valence-electron chi connectivity index (χ0n) is 14.5. The van der Waals surface area contributed by atoms with Gasteiger partial charge in [0.2, 0.25) is 0 Å². The highest BCUT2D eigenvalue weighted by Gasteiger charge is 2.37. The second-order valence-corrected chi connectivity index (χ2v) is 7.76. The predicted octanol–water partition coefficient (Wildman–Crippen LogP) is 0.470. The first-order chi connectivity index (χ1) is 11.7. The molecule has 2 saturated heterocycles. The molecule has 5 nitrogen and oxygen atoms in total. The van der Waals surface area contributed by atoms with Crippen LogP contribution in [0.2, 0.25) is 0 Å². The van der Waals surface area contributed by atoms with Gasteiger partial charge in [-0.25, -0.2) is 0 Å². The number of benzene rings is 1. The van der Waals surface area contributed by atoms with Crippen molar-refractivity contribution in [3.05, 3.63) is 35.4 Å². The quantitative estimate of drug-likeness (QED) is 0.844. The molecule has 0 saturated carbocycles. The van der Waals surface area contributed by atoms with E-state index in [1.54, 1.807) is 0 Å². The lowest BCUT2D eigenvalue weighted by Gasteiger charge is -2.35. The number of rotatable bonds is 3. The number of nitrogens with two attached hydrogens (primary N) is 1. The highest BCUT2D eigenvalue weighted by Crippen LogP contribution is 2.25. The maximum absolute atomic E-state index is 10.6. The molecule has 3 heterocycles. The Hall–Kier alpha value is -0.980. The number of piperidine rings is 1. The molecule has 24 heavy (non-hydrogen) atoms. The molecule has 0 bridgehead atoms.